The van der Waals surface area contributed by atoms with Gasteiger partial charge in [0.2, 0.25) is 0 Å². The number of anilines is 3. The number of carbonyl (C=O) groups is 2. The van der Waals surface area contributed by atoms with Crippen LogP contribution in [0.1, 0.15) is 43.0 Å². The van der Waals surface area contributed by atoms with E-state index in [0.717, 1.165) is 0 Å². The molecular formula is C22H18N2O5S. The number of nitrogens with one attached hydrogen (secondary N) is 1. The van der Waals surface area contributed by atoms with Gasteiger partial charge in [0.25, 0.3) is 10.1 Å². The van der Waals surface area contributed by atoms with Crippen molar-refractivity contribution in [1.82, 2.24) is 0 Å². The van der Waals surface area contributed by atoms with Crippen molar-refractivity contribution in [1.29, 1.82) is 0 Å². The van der Waals surface area contributed by atoms with Crippen LogP contribution in [-0.4, -0.2) is 24.5 Å². The summed E-state index contributed by atoms with van der Waals surface area (Å²) in [5, 5.41) is 2.92. The van der Waals surface area contributed by atoms with Gasteiger partial charge in [0, 0.05) is 16.8 Å². The highest BCUT2D eigenvalue weighted by Gasteiger charge is 2.34. The van der Waals surface area contributed by atoms with Crippen LogP contribution in [0.4, 0.5) is 17.1 Å². The Labute approximate surface area is 173 Å². The smallest absolute Gasteiger partial charge is 0.296 e. The average Bonchev–Trinajstić information content (AvgIpc) is 2.69. The number of nitrogens with two attached hydrogens (primary N) is 1. The average molecular weight is 422 g/mol. The van der Waals surface area contributed by atoms with Crippen molar-refractivity contribution >= 4 is 38.7 Å². The molecule has 30 heavy (non-hydrogen) atoms. The van der Waals surface area contributed by atoms with Crippen molar-refractivity contribution in [3.63, 3.8) is 0 Å². The Hall–Kier alpha value is -3.49. The standard InChI is InChI=1S/C22H18N2O5S/c1-11-7-8-15(17(9-11)30(27,28)29)24-16-10-12(2)20(23)19-18(16)21(25)13-5-3-4-6-14(13)22(19)26/h3-10,24H,23H2,1-2H3,(H,27,28,29). The molecule has 0 spiro atoms. The maximum absolute atomic E-state index is 13.2. The van der Waals surface area contributed by atoms with Crippen LogP contribution in [-0.2, 0) is 10.1 Å². The first-order valence-electron chi connectivity index (χ1n) is 9.06. The first-order valence-corrected chi connectivity index (χ1v) is 10.5. The highest BCUT2D eigenvalue weighted by molar-refractivity contribution is 7.86. The van der Waals surface area contributed by atoms with Gasteiger partial charge in [-0.25, -0.2) is 0 Å². The second-order valence-electron chi connectivity index (χ2n) is 7.21. The summed E-state index contributed by atoms with van der Waals surface area (Å²) in [6.45, 7) is 3.38. The normalized spacial score (nSPS) is 13.0. The summed E-state index contributed by atoms with van der Waals surface area (Å²) in [6.07, 6.45) is 0. The van der Waals surface area contributed by atoms with E-state index in [-0.39, 0.29) is 50.0 Å². The van der Waals surface area contributed by atoms with Crippen LogP contribution in [0.5, 0.6) is 0 Å². The van der Waals surface area contributed by atoms with Crippen LogP contribution >= 0.6 is 0 Å². The van der Waals surface area contributed by atoms with E-state index in [1.165, 1.54) is 12.1 Å². The molecule has 0 saturated carbocycles. The van der Waals surface area contributed by atoms with E-state index in [0.29, 0.717) is 11.1 Å². The Balaban J connectivity index is 1.96. The van der Waals surface area contributed by atoms with Crippen LogP contribution in [0.15, 0.2) is 53.4 Å². The first-order chi connectivity index (χ1) is 14.1. The zero-order valence-electron chi connectivity index (χ0n) is 16.2. The highest BCUT2D eigenvalue weighted by Crippen LogP contribution is 2.39. The Bertz CT molecular complexity index is 1360. The van der Waals surface area contributed by atoms with E-state index >= 15 is 0 Å². The Morgan fingerprint density at radius 2 is 1.47 bits per heavy atom. The van der Waals surface area contributed by atoms with E-state index in [1.807, 2.05) is 0 Å². The number of carbonyl (C=O) groups excluding carboxylic acids is 2. The molecule has 0 fully saturated rings. The van der Waals surface area contributed by atoms with Crippen molar-refractivity contribution in [2.45, 2.75) is 18.7 Å². The summed E-state index contributed by atoms with van der Waals surface area (Å²) in [5.41, 5.74) is 8.53. The Morgan fingerprint density at radius 3 is 2.07 bits per heavy atom. The largest absolute Gasteiger partial charge is 0.398 e. The predicted octanol–water partition coefficient (Wildman–Crippen LogP) is 3.65. The van der Waals surface area contributed by atoms with Gasteiger partial charge in [-0.05, 0) is 43.2 Å². The Kier molecular flexibility index (Phi) is 4.48. The van der Waals surface area contributed by atoms with Gasteiger partial charge in [-0.2, -0.15) is 8.42 Å². The van der Waals surface area contributed by atoms with Gasteiger partial charge >= 0.3 is 0 Å². The number of benzene rings is 3. The zero-order chi connectivity index (χ0) is 21.8. The van der Waals surface area contributed by atoms with Gasteiger partial charge in [0.1, 0.15) is 4.90 Å². The second-order valence-corrected chi connectivity index (χ2v) is 8.60. The lowest BCUT2D eigenvalue weighted by Crippen LogP contribution is -2.24. The third-order valence-electron chi connectivity index (χ3n) is 5.13. The maximum atomic E-state index is 13.2. The molecule has 0 atom stereocenters. The van der Waals surface area contributed by atoms with Crippen molar-refractivity contribution in [3.8, 4) is 0 Å². The lowest BCUT2D eigenvalue weighted by molar-refractivity contribution is 0.0980. The molecule has 3 aromatic carbocycles. The number of fused-ring (bicyclic) bond motifs is 2. The van der Waals surface area contributed by atoms with Crippen LogP contribution in [0.3, 0.4) is 0 Å². The predicted molar refractivity (Wildman–Crippen MR) is 113 cm³/mol. The summed E-state index contributed by atoms with van der Waals surface area (Å²) >= 11 is 0. The van der Waals surface area contributed by atoms with Gasteiger partial charge in [0.05, 0.1) is 22.5 Å². The van der Waals surface area contributed by atoms with Gasteiger partial charge in [-0.15, -0.1) is 0 Å². The van der Waals surface area contributed by atoms with Gasteiger partial charge < -0.3 is 11.1 Å². The minimum atomic E-state index is -4.53. The molecule has 1 aliphatic carbocycles. The molecule has 8 heteroatoms. The van der Waals surface area contributed by atoms with E-state index in [4.69, 9.17) is 5.73 Å². The molecule has 0 aromatic heterocycles. The quantitative estimate of drug-likeness (QED) is 0.340. The molecule has 0 heterocycles. The van der Waals surface area contributed by atoms with Crippen molar-refractivity contribution < 1.29 is 22.6 Å². The summed E-state index contributed by atoms with van der Waals surface area (Å²) in [5.74, 6) is -0.765. The number of nitrogen functional groups attached to an aromatic ring is 1. The minimum absolute atomic E-state index is 0.0728. The Morgan fingerprint density at radius 1 is 0.867 bits per heavy atom. The molecule has 4 rings (SSSR count). The molecule has 4 N–H and O–H groups in total. The van der Waals surface area contributed by atoms with Gasteiger partial charge in [-0.3, -0.25) is 14.1 Å². The van der Waals surface area contributed by atoms with Crippen LogP contribution in [0.2, 0.25) is 0 Å². The maximum Gasteiger partial charge on any atom is 0.296 e. The fourth-order valence-electron chi connectivity index (χ4n) is 3.64. The molecule has 0 saturated heterocycles. The van der Waals surface area contributed by atoms with Gasteiger partial charge in [-0.1, -0.05) is 30.3 Å². The minimum Gasteiger partial charge on any atom is -0.398 e. The fraction of sp³-hybridized carbons (Fsp3) is 0.0909. The van der Waals surface area contributed by atoms with Crippen molar-refractivity contribution in [2.24, 2.45) is 0 Å². The number of ketones is 2. The molecule has 0 aliphatic heterocycles. The summed E-state index contributed by atoms with van der Waals surface area (Å²) in [6, 6.07) is 12.5. The number of rotatable bonds is 3. The molecule has 1 aliphatic rings. The van der Waals surface area contributed by atoms with E-state index in [1.54, 1.807) is 50.2 Å². The van der Waals surface area contributed by atoms with E-state index in [2.05, 4.69) is 5.32 Å². The van der Waals surface area contributed by atoms with Crippen LogP contribution < -0.4 is 11.1 Å². The lowest BCUT2D eigenvalue weighted by atomic mass is 9.81. The summed E-state index contributed by atoms with van der Waals surface area (Å²) in [4.78, 5) is 26.0. The molecule has 0 bridgehead atoms. The third kappa shape index (κ3) is 3.06. The highest BCUT2D eigenvalue weighted by atomic mass is 32.2. The zero-order valence-corrected chi connectivity index (χ0v) is 17.0. The summed E-state index contributed by atoms with van der Waals surface area (Å²) < 4.78 is 33.3. The van der Waals surface area contributed by atoms with E-state index in [9.17, 15) is 22.6 Å². The molecule has 152 valence electrons. The van der Waals surface area contributed by atoms with Crippen LogP contribution in [0, 0.1) is 13.8 Å². The number of hydrogen-bond acceptors (Lipinski definition) is 6. The molecular weight excluding hydrogens is 404 g/mol. The van der Waals surface area contributed by atoms with E-state index < -0.39 is 15.9 Å². The van der Waals surface area contributed by atoms with Crippen molar-refractivity contribution in [3.05, 3.63) is 81.9 Å². The second kappa shape index (κ2) is 6.79. The number of aryl methyl sites for hydroxylation is 2. The monoisotopic (exact) mass is 422 g/mol. The molecule has 0 unspecified atom stereocenters. The SMILES string of the molecule is Cc1ccc(Nc2cc(C)c(N)c3c2C(=O)c2ccccc2C3=O)c(S(=O)(=O)O)c1. The molecule has 0 radical (unpaired) electrons. The molecule has 0 amide bonds. The fourth-order valence-corrected chi connectivity index (χ4v) is 4.37. The topological polar surface area (TPSA) is 127 Å². The van der Waals surface area contributed by atoms with Gasteiger partial charge in [0.15, 0.2) is 11.6 Å². The molecule has 7 nitrogen and oxygen atoms in total. The summed E-state index contributed by atoms with van der Waals surface area (Å²) in [7, 11) is -4.53. The molecule has 3 aromatic rings. The van der Waals surface area contributed by atoms with Crippen LogP contribution in [0.25, 0.3) is 0 Å². The first kappa shape index (κ1) is 19.8. The van der Waals surface area contributed by atoms with Crippen molar-refractivity contribution in [2.75, 3.05) is 11.1 Å². The third-order valence-corrected chi connectivity index (χ3v) is 6.02. The lowest BCUT2D eigenvalue weighted by Gasteiger charge is -2.24. The number of hydrogen-bond donors (Lipinski definition) is 3.